The second-order valence-electron chi connectivity index (χ2n) is 7.01. The van der Waals surface area contributed by atoms with E-state index in [1.54, 1.807) is 11.3 Å². The van der Waals surface area contributed by atoms with E-state index < -0.39 is 6.04 Å². The van der Waals surface area contributed by atoms with Crippen molar-refractivity contribution < 1.29 is 9.59 Å². The zero-order valence-corrected chi connectivity index (χ0v) is 15.9. The number of hydrogen-bond acceptors (Lipinski definition) is 3. The standard InChI is InChI=1S/C21H23N3O2S/c25-20(24-19-7-3-4-9-22-21(19)26)11-16(14-8-10-27-13-14)17-12-23-18-6-2-1-5-15(17)18/h1-2,5-6,8,10,12-13,16,19,23H,3-4,7,9,11H2,(H,22,26)(H,24,25). The maximum atomic E-state index is 12.8. The average Bonchev–Trinajstić information content (AvgIpc) is 3.31. The van der Waals surface area contributed by atoms with Gasteiger partial charge in [-0.2, -0.15) is 11.3 Å². The molecule has 1 fully saturated rings. The molecule has 5 nitrogen and oxygen atoms in total. The van der Waals surface area contributed by atoms with Gasteiger partial charge in [0.15, 0.2) is 0 Å². The first-order valence-electron chi connectivity index (χ1n) is 9.37. The molecule has 0 radical (unpaired) electrons. The van der Waals surface area contributed by atoms with Crippen LogP contribution in [0.4, 0.5) is 0 Å². The Morgan fingerprint density at radius 3 is 3.00 bits per heavy atom. The Morgan fingerprint density at radius 1 is 1.26 bits per heavy atom. The summed E-state index contributed by atoms with van der Waals surface area (Å²) in [5, 5.41) is 11.1. The van der Waals surface area contributed by atoms with E-state index >= 15 is 0 Å². The van der Waals surface area contributed by atoms with Crippen molar-refractivity contribution >= 4 is 34.1 Å². The Kier molecular flexibility index (Phi) is 5.25. The predicted molar refractivity (Wildman–Crippen MR) is 108 cm³/mol. The number of aromatic amines is 1. The predicted octanol–water partition coefficient (Wildman–Crippen LogP) is 3.54. The molecule has 3 heterocycles. The SMILES string of the molecule is O=C(CC(c1ccsc1)c1c[nH]c2ccccc12)NC1CCCCNC1=O. The van der Waals surface area contributed by atoms with Crippen molar-refractivity contribution in [3.63, 3.8) is 0 Å². The van der Waals surface area contributed by atoms with Gasteiger partial charge in [-0.3, -0.25) is 9.59 Å². The Hall–Kier alpha value is -2.60. The monoisotopic (exact) mass is 381 g/mol. The topological polar surface area (TPSA) is 74.0 Å². The number of carbonyl (C=O) groups excluding carboxylic acids is 2. The molecule has 1 saturated heterocycles. The molecule has 0 bridgehead atoms. The summed E-state index contributed by atoms with van der Waals surface area (Å²) in [6.07, 6.45) is 4.93. The van der Waals surface area contributed by atoms with Crippen molar-refractivity contribution in [2.75, 3.05) is 6.54 Å². The van der Waals surface area contributed by atoms with Gasteiger partial charge in [0.2, 0.25) is 11.8 Å². The zero-order valence-electron chi connectivity index (χ0n) is 15.0. The zero-order chi connectivity index (χ0) is 18.6. The summed E-state index contributed by atoms with van der Waals surface area (Å²) in [5.41, 5.74) is 3.31. The summed E-state index contributed by atoms with van der Waals surface area (Å²) in [6, 6.07) is 9.78. The average molecular weight is 382 g/mol. The van der Waals surface area contributed by atoms with Gasteiger partial charge in [0.05, 0.1) is 0 Å². The second-order valence-corrected chi connectivity index (χ2v) is 7.79. The van der Waals surface area contributed by atoms with Crippen LogP contribution in [0.15, 0.2) is 47.3 Å². The molecule has 2 atom stereocenters. The highest BCUT2D eigenvalue weighted by molar-refractivity contribution is 7.08. The molecule has 2 amide bonds. The fraction of sp³-hybridized carbons (Fsp3) is 0.333. The molecule has 3 N–H and O–H groups in total. The van der Waals surface area contributed by atoms with Crippen LogP contribution in [-0.2, 0) is 9.59 Å². The van der Waals surface area contributed by atoms with Gasteiger partial charge in [0.1, 0.15) is 6.04 Å². The van der Waals surface area contributed by atoms with E-state index in [1.165, 1.54) is 0 Å². The number of H-pyrrole nitrogens is 1. The van der Waals surface area contributed by atoms with E-state index in [0.717, 1.165) is 34.9 Å². The van der Waals surface area contributed by atoms with Gasteiger partial charge in [-0.15, -0.1) is 0 Å². The first-order chi connectivity index (χ1) is 13.2. The van der Waals surface area contributed by atoms with E-state index in [2.05, 4.69) is 33.1 Å². The second kappa shape index (κ2) is 7.96. The number of para-hydroxylation sites is 1. The number of amides is 2. The number of fused-ring (bicyclic) bond motifs is 1. The maximum Gasteiger partial charge on any atom is 0.242 e. The van der Waals surface area contributed by atoms with Crippen molar-refractivity contribution in [1.82, 2.24) is 15.6 Å². The van der Waals surface area contributed by atoms with Crippen molar-refractivity contribution in [3.8, 4) is 0 Å². The summed E-state index contributed by atoms with van der Waals surface area (Å²) in [6.45, 7) is 0.693. The number of carbonyl (C=O) groups is 2. The number of benzene rings is 1. The van der Waals surface area contributed by atoms with Crippen LogP contribution < -0.4 is 10.6 Å². The van der Waals surface area contributed by atoms with Crippen LogP contribution in [-0.4, -0.2) is 29.4 Å². The summed E-state index contributed by atoms with van der Waals surface area (Å²) < 4.78 is 0. The smallest absolute Gasteiger partial charge is 0.242 e. The largest absolute Gasteiger partial charge is 0.361 e. The maximum absolute atomic E-state index is 12.8. The summed E-state index contributed by atoms with van der Waals surface area (Å²) >= 11 is 1.63. The van der Waals surface area contributed by atoms with Crippen LogP contribution in [0.1, 0.15) is 42.7 Å². The first-order valence-corrected chi connectivity index (χ1v) is 10.3. The first kappa shape index (κ1) is 17.8. The van der Waals surface area contributed by atoms with Crippen molar-refractivity contribution in [3.05, 3.63) is 58.4 Å². The summed E-state index contributed by atoms with van der Waals surface area (Å²) in [5.74, 6) is -0.195. The normalized spacial score (nSPS) is 18.7. The lowest BCUT2D eigenvalue weighted by Gasteiger charge is -2.19. The molecule has 0 aliphatic carbocycles. The third-order valence-electron chi connectivity index (χ3n) is 5.20. The van der Waals surface area contributed by atoms with Gasteiger partial charge in [-0.1, -0.05) is 18.2 Å². The van der Waals surface area contributed by atoms with Gasteiger partial charge in [-0.25, -0.2) is 0 Å². The molecule has 2 aromatic heterocycles. The Morgan fingerprint density at radius 2 is 2.15 bits per heavy atom. The third kappa shape index (κ3) is 3.90. The van der Waals surface area contributed by atoms with E-state index in [4.69, 9.17) is 0 Å². The van der Waals surface area contributed by atoms with Crippen LogP contribution in [0.25, 0.3) is 10.9 Å². The van der Waals surface area contributed by atoms with Crippen LogP contribution in [0, 0.1) is 0 Å². The van der Waals surface area contributed by atoms with E-state index in [1.807, 2.05) is 29.8 Å². The Bertz CT molecular complexity index is 932. The van der Waals surface area contributed by atoms with Crippen LogP contribution in [0.5, 0.6) is 0 Å². The Balaban J connectivity index is 1.57. The highest BCUT2D eigenvalue weighted by Gasteiger charge is 2.26. The lowest BCUT2D eigenvalue weighted by Crippen LogP contribution is -2.45. The van der Waals surface area contributed by atoms with Gasteiger partial charge in [-0.05, 0) is 53.3 Å². The molecule has 27 heavy (non-hydrogen) atoms. The number of thiophene rings is 1. The van der Waals surface area contributed by atoms with Crippen molar-refractivity contribution in [1.29, 1.82) is 0 Å². The molecule has 1 aliphatic heterocycles. The number of hydrogen-bond donors (Lipinski definition) is 3. The minimum atomic E-state index is -0.425. The minimum absolute atomic E-state index is 0.0405. The lowest BCUT2D eigenvalue weighted by molar-refractivity contribution is -0.128. The van der Waals surface area contributed by atoms with Gasteiger partial charge < -0.3 is 15.6 Å². The number of aromatic nitrogens is 1. The molecular weight excluding hydrogens is 358 g/mol. The lowest BCUT2D eigenvalue weighted by atomic mass is 9.89. The number of nitrogens with one attached hydrogen (secondary N) is 3. The van der Waals surface area contributed by atoms with Crippen LogP contribution in [0.3, 0.4) is 0 Å². The highest BCUT2D eigenvalue weighted by atomic mass is 32.1. The van der Waals surface area contributed by atoms with Crippen molar-refractivity contribution in [2.45, 2.75) is 37.6 Å². The quantitative estimate of drug-likeness (QED) is 0.632. The van der Waals surface area contributed by atoms with E-state index in [0.29, 0.717) is 19.4 Å². The molecule has 4 rings (SSSR count). The molecule has 140 valence electrons. The molecular formula is C21H23N3O2S. The highest BCUT2D eigenvalue weighted by Crippen LogP contribution is 2.34. The van der Waals surface area contributed by atoms with Gasteiger partial charge in [0, 0.05) is 36.0 Å². The molecule has 6 heteroatoms. The molecule has 2 unspecified atom stereocenters. The number of rotatable bonds is 5. The van der Waals surface area contributed by atoms with E-state index in [9.17, 15) is 9.59 Å². The minimum Gasteiger partial charge on any atom is -0.361 e. The van der Waals surface area contributed by atoms with Crippen molar-refractivity contribution in [2.24, 2.45) is 0 Å². The van der Waals surface area contributed by atoms with Gasteiger partial charge in [0.25, 0.3) is 0 Å². The molecule has 0 spiro atoms. The molecule has 1 aromatic carbocycles. The van der Waals surface area contributed by atoms with Gasteiger partial charge >= 0.3 is 0 Å². The third-order valence-corrected chi connectivity index (χ3v) is 5.90. The fourth-order valence-electron chi connectivity index (χ4n) is 3.78. The molecule has 0 saturated carbocycles. The summed E-state index contributed by atoms with van der Waals surface area (Å²) in [4.78, 5) is 28.3. The molecule has 1 aliphatic rings. The summed E-state index contributed by atoms with van der Waals surface area (Å²) in [7, 11) is 0. The Labute approximate surface area is 162 Å². The molecule has 3 aromatic rings. The van der Waals surface area contributed by atoms with Crippen LogP contribution >= 0.6 is 11.3 Å². The van der Waals surface area contributed by atoms with Crippen LogP contribution in [0.2, 0.25) is 0 Å². The van der Waals surface area contributed by atoms with E-state index in [-0.39, 0.29) is 17.7 Å². The fourth-order valence-corrected chi connectivity index (χ4v) is 4.49.